The molecule has 0 saturated carbocycles. The van der Waals surface area contributed by atoms with Crippen LogP contribution in [0.25, 0.3) is 0 Å². The number of amides is 2. The summed E-state index contributed by atoms with van der Waals surface area (Å²) in [5, 5.41) is 11.8. The second kappa shape index (κ2) is 7.99. The molecular weight excluding hydrogens is 362 g/mol. The Bertz CT molecular complexity index is 1090. The Labute approximate surface area is 169 Å². The van der Waals surface area contributed by atoms with Gasteiger partial charge in [0.1, 0.15) is 6.04 Å². The van der Waals surface area contributed by atoms with Crippen LogP contribution >= 0.6 is 0 Å². The van der Waals surface area contributed by atoms with Crippen molar-refractivity contribution in [2.45, 2.75) is 19.0 Å². The van der Waals surface area contributed by atoms with Gasteiger partial charge in [-0.25, -0.2) is 0 Å². The van der Waals surface area contributed by atoms with Crippen molar-refractivity contribution >= 4 is 17.5 Å². The van der Waals surface area contributed by atoms with Crippen LogP contribution in [-0.2, 0) is 17.8 Å². The van der Waals surface area contributed by atoms with Crippen LogP contribution in [0.1, 0.15) is 27.0 Å². The van der Waals surface area contributed by atoms with Crippen LogP contribution in [0, 0.1) is 11.3 Å². The number of nitrogens with one attached hydrogen (secondary N) is 1. The van der Waals surface area contributed by atoms with E-state index in [4.69, 9.17) is 5.26 Å². The normalized spacial score (nSPS) is 15.1. The van der Waals surface area contributed by atoms with E-state index in [0.717, 1.165) is 11.1 Å². The highest BCUT2D eigenvalue weighted by molar-refractivity contribution is 6.01. The van der Waals surface area contributed by atoms with Gasteiger partial charge in [-0.05, 0) is 47.5 Å². The molecule has 142 valence electrons. The Morgan fingerprint density at radius 2 is 1.55 bits per heavy atom. The average Bonchev–Trinajstić information content (AvgIpc) is 2.78. The zero-order valence-corrected chi connectivity index (χ0v) is 15.7. The Kier molecular flexibility index (Phi) is 5.08. The predicted octanol–water partition coefficient (Wildman–Crippen LogP) is 3.76. The summed E-state index contributed by atoms with van der Waals surface area (Å²) in [5.41, 5.74) is 3.81. The lowest BCUT2D eigenvalue weighted by atomic mass is 9.92. The Morgan fingerprint density at radius 1 is 0.897 bits per heavy atom. The molecule has 0 aromatic heterocycles. The Balaban J connectivity index is 1.63. The van der Waals surface area contributed by atoms with E-state index in [-0.39, 0.29) is 11.8 Å². The number of nitrogens with zero attached hydrogens (tertiary/aromatic N) is 2. The molecule has 29 heavy (non-hydrogen) atoms. The minimum atomic E-state index is -0.617. The maximum absolute atomic E-state index is 13.2. The molecule has 5 heteroatoms. The van der Waals surface area contributed by atoms with E-state index in [1.165, 1.54) is 0 Å². The van der Waals surface area contributed by atoms with Gasteiger partial charge < -0.3 is 10.2 Å². The smallest absolute Gasteiger partial charge is 0.254 e. The summed E-state index contributed by atoms with van der Waals surface area (Å²) in [5.74, 6) is -0.409. The fourth-order valence-corrected chi connectivity index (χ4v) is 3.57. The number of rotatable bonds is 3. The molecule has 3 aromatic carbocycles. The van der Waals surface area contributed by atoms with E-state index >= 15 is 0 Å². The Morgan fingerprint density at radius 3 is 2.24 bits per heavy atom. The van der Waals surface area contributed by atoms with Crippen molar-refractivity contribution in [2.75, 3.05) is 5.32 Å². The van der Waals surface area contributed by atoms with Crippen molar-refractivity contribution in [3.05, 3.63) is 101 Å². The number of benzene rings is 3. The standard InChI is InChI=1S/C24H19N3O2/c25-15-17-10-12-21(13-11-17)26-23(28)22-14-19-8-4-5-9-20(19)16-27(22)24(29)18-6-2-1-3-7-18/h1-13,22H,14,16H2,(H,26,28). The van der Waals surface area contributed by atoms with E-state index in [9.17, 15) is 9.59 Å². The maximum Gasteiger partial charge on any atom is 0.254 e. The van der Waals surface area contributed by atoms with Gasteiger partial charge in [0.25, 0.3) is 5.91 Å². The van der Waals surface area contributed by atoms with E-state index in [1.807, 2.05) is 42.5 Å². The first-order valence-corrected chi connectivity index (χ1v) is 9.39. The topological polar surface area (TPSA) is 73.2 Å². The minimum absolute atomic E-state index is 0.167. The molecule has 1 unspecified atom stereocenters. The highest BCUT2D eigenvalue weighted by atomic mass is 16.2. The molecule has 2 amide bonds. The third-order valence-corrected chi connectivity index (χ3v) is 5.11. The second-order valence-electron chi connectivity index (χ2n) is 6.97. The third-order valence-electron chi connectivity index (χ3n) is 5.11. The summed E-state index contributed by atoms with van der Waals surface area (Å²) in [6.45, 7) is 0.384. The highest BCUT2D eigenvalue weighted by Gasteiger charge is 2.35. The number of carbonyl (C=O) groups is 2. The van der Waals surface area contributed by atoms with Crippen molar-refractivity contribution in [1.82, 2.24) is 4.90 Å². The van der Waals surface area contributed by atoms with Crippen LogP contribution in [0.5, 0.6) is 0 Å². The fourth-order valence-electron chi connectivity index (χ4n) is 3.57. The molecule has 1 aliphatic rings. The lowest BCUT2D eigenvalue weighted by molar-refractivity contribution is -0.121. The number of hydrogen-bond donors (Lipinski definition) is 1. The van der Waals surface area contributed by atoms with Crippen LogP contribution < -0.4 is 5.32 Å². The van der Waals surface area contributed by atoms with E-state index < -0.39 is 6.04 Å². The first kappa shape index (κ1) is 18.5. The summed E-state index contributed by atoms with van der Waals surface area (Å²) in [6, 6.07) is 25.0. The molecule has 1 N–H and O–H groups in total. The molecule has 3 aromatic rings. The molecule has 1 heterocycles. The van der Waals surface area contributed by atoms with E-state index in [0.29, 0.717) is 29.8 Å². The second-order valence-corrected chi connectivity index (χ2v) is 6.97. The molecule has 1 aliphatic heterocycles. The number of anilines is 1. The molecule has 0 saturated heterocycles. The van der Waals surface area contributed by atoms with Gasteiger partial charge in [0.2, 0.25) is 5.91 Å². The zero-order chi connectivity index (χ0) is 20.2. The number of carbonyl (C=O) groups excluding carboxylic acids is 2. The van der Waals surface area contributed by atoms with Crippen molar-refractivity contribution in [3.63, 3.8) is 0 Å². The van der Waals surface area contributed by atoms with Crippen LogP contribution in [0.2, 0.25) is 0 Å². The zero-order valence-electron chi connectivity index (χ0n) is 15.7. The summed E-state index contributed by atoms with van der Waals surface area (Å²) in [7, 11) is 0. The van der Waals surface area contributed by atoms with Gasteiger partial charge in [-0.3, -0.25) is 9.59 Å². The molecule has 0 fully saturated rings. The summed E-state index contributed by atoms with van der Waals surface area (Å²) in [4.78, 5) is 27.9. The quantitative estimate of drug-likeness (QED) is 0.751. The SMILES string of the molecule is N#Cc1ccc(NC(=O)C2Cc3ccccc3CN2C(=O)c2ccccc2)cc1. The first-order chi connectivity index (χ1) is 14.2. The van der Waals surface area contributed by atoms with E-state index in [1.54, 1.807) is 41.3 Å². The molecule has 5 nitrogen and oxygen atoms in total. The van der Waals surface area contributed by atoms with Crippen molar-refractivity contribution < 1.29 is 9.59 Å². The minimum Gasteiger partial charge on any atom is -0.324 e. The van der Waals surface area contributed by atoms with Gasteiger partial charge in [-0.15, -0.1) is 0 Å². The molecular formula is C24H19N3O2. The number of hydrogen-bond acceptors (Lipinski definition) is 3. The molecule has 0 spiro atoms. The number of fused-ring (bicyclic) bond motifs is 1. The van der Waals surface area contributed by atoms with Gasteiger partial charge >= 0.3 is 0 Å². The Hall–Kier alpha value is -3.91. The van der Waals surface area contributed by atoms with Crippen molar-refractivity contribution in [2.24, 2.45) is 0 Å². The first-order valence-electron chi connectivity index (χ1n) is 9.39. The van der Waals surface area contributed by atoms with Crippen molar-refractivity contribution in [1.29, 1.82) is 5.26 Å². The summed E-state index contributed by atoms with van der Waals surface area (Å²) < 4.78 is 0. The fraction of sp³-hybridized carbons (Fsp3) is 0.125. The van der Waals surface area contributed by atoms with Crippen LogP contribution in [-0.4, -0.2) is 22.8 Å². The van der Waals surface area contributed by atoms with Crippen LogP contribution in [0.3, 0.4) is 0 Å². The van der Waals surface area contributed by atoms with E-state index in [2.05, 4.69) is 11.4 Å². The highest BCUT2D eigenvalue weighted by Crippen LogP contribution is 2.26. The lowest BCUT2D eigenvalue weighted by Gasteiger charge is -2.36. The van der Waals surface area contributed by atoms with Crippen LogP contribution in [0.4, 0.5) is 5.69 Å². The largest absolute Gasteiger partial charge is 0.324 e. The van der Waals surface area contributed by atoms with Crippen LogP contribution in [0.15, 0.2) is 78.9 Å². The van der Waals surface area contributed by atoms with Crippen molar-refractivity contribution in [3.8, 4) is 6.07 Å². The molecule has 4 rings (SSSR count). The predicted molar refractivity (Wildman–Crippen MR) is 110 cm³/mol. The molecule has 0 aliphatic carbocycles. The van der Waals surface area contributed by atoms with Gasteiger partial charge in [0.05, 0.1) is 11.6 Å². The lowest BCUT2D eigenvalue weighted by Crippen LogP contribution is -2.50. The van der Waals surface area contributed by atoms with Gasteiger partial charge in [0, 0.05) is 24.2 Å². The van der Waals surface area contributed by atoms with Gasteiger partial charge in [0.15, 0.2) is 0 Å². The molecule has 0 bridgehead atoms. The average molecular weight is 381 g/mol. The molecule has 1 atom stereocenters. The van der Waals surface area contributed by atoms with Gasteiger partial charge in [-0.1, -0.05) is 42.5 Å². The molecule has 0 radical (unpaired) electrons. The van der Waals surface area contributed by atoms with Gasteiger partial charge in [-0.2, -0.15) is 5.26 Å². The third kappa shape index (κ3) is 3.87. The monoisotopic (exact) mass is 381 g/mol. The summed E-state index contributed by atoms with van der Waals surface area (Å²) in [6.07, 6.45) is 0.455. The number of nitriles is 1. The maximum atomic E-state index is 13.2. The summed E-state index contributed by atoms with van der Waals surface area (Å²) >= 11 is 0.